The number of carbonyl (C=O) groups excluding carboxylic acids is 1. The molecule has 0 spiro atoms. The van der Waals surface area contributed by atoms with Crippen molar-refractivity contribution in [1.29, 1.82) is 0 Å². The molecule has 3 saturated carbocycles. The summed E-state index contributed by atoms with van der Waals surface area (Å²) in [5.41, 5.74) is 1.39. The Labute approximate surface area is 198 Å². The highest BCUT2D eigenvalue weighted by molar-refractivity contribution is 14.1. The molecular formula is C24H35IN2O4. The van der Waals surface area contributed by atoms with E-state index >= 15 is 0 Å². The normalized spacial score (nSPS) is 37.8. The van der Waals surface area contributed by atoms with E-state index in [1.165, 1.54) is 6.42 Å². The van der Waals surface area contributed by atoms with Crippen LogP contribution in [-0.4, -0.2) is 52.1 Å². The molecule has 6 nitrogen and oxygen atoms in total. The Hall–Kier alpha value is -0.740. The van der Waals surface area contributed by atoms with E-state index in [1.807, 2.05) is 18.2 Å². The van der Waals surface area contributed by atoms with E-state index in [1.54, 1.807) is 12.0 Å². The van der Waals surface area contributed by atoms with Gasteiger partial charge in [0, 0.05) is 15.5 Å². The number of nitrogens with zero attached hydrogens (tertiary/aromatic N) is 1. The molecule has 1 aliphatic heterocycles. The summed E-state index contributed by atoms with van der Waals surface area (Å²) < 4.78 is 1.11. The van der Waals surface area contributed by atoms with Crippen LogP contribution in [0.3, 0.4) is 0 Å². The van der Waals surface area contributed by atoms with Gasteiger partial charge in [-0.1, -0.05) is 32.9 Å². The smallest absolute Gasteiger partial charge is 0.240 e. The number of benzene rings is 1. The van der Waals surface area contributed by atoms with E-state index in [9.17, 15) is 15.0 Å². The Balaban J connectivity index is 1.53. The van der Waals surface area contributed by atoms with Crippen LogP contribution in [0.15, 0.2) is 24.3 Å². The summed E-state index contributed by atoms with van der Waals surface area (Å²) >= 11 is 2.27. The number of hydroxylamine groups is 2. The summed E-state index contributed by atoms with van der Waals surface area (Å²) in [6.45, 7) is 8.82. The van der Waals surface area contributed by atoms with Crippen LogP contribution in [0.4, 0.5) is 0 Å². The number of fused-ring (bicyclic) bond motifs is 2. The summed E-state index contributed by atoms with van der Waals surface area (Å²) in [6, 6.07) is 7.56. The molecule has 172 valence electrons. The predicted molar refractivity (Wildman–Crippen MR) is 127 cm³/mol. The third-order valence-corrected chi connectivity index (χ3v) is 8.96. The first kappa shape index (κ1) is 23.4. The van der Waals surface area contributed by atoms with E-state index in [0.717, 1.165) is 15.6 Å². The zero-order valence-electron chi connectivity index (χ0n) is 18.8. The number of hydrogen-bond acceptors (Lipinski definition) is 5. The molecule has 0 aromatic heterocycles. The van der Waals surface area contributed by atoms with Crippen LogP contribution in [0.1, 0.15) is 46.1 Å². The van der Waals surface area contributed by atoms with Crippen molar-refractivity contribution in [3.8, 4) is 0 Å². The molecule has 5 rings (SSSR count). The van der Waals surface area contributed by atoms with Crippen molar-refractivity contribution in [1.82, 2.24) is 10.4 Å². The molecule has 1 saturated heterocycles. The van der Waals surface area contributed by atoms with Crippen molar-refractivity contribution in [3.05, 3.63) is 33.4 Å². The van der Waals surface area contributed by atoms with Crippen molar-refractivity contribution < 1.29 is 19.8 Å². The van der Waals surface area contributed by atoms with E-state index in [4.69, 9.17) is 4.84 Å². The van der Waals surface area contributed by atoms with Crippen LogP contribution >= 0.6 is 22.6 Å². The molecule has 1 aromatic rings. The Bertz CT molecular complexity index is 817. The van der Waals surface area contributed by atoms with Gasteiger partial charge in [-0.05, 0) is 83.2 Å². The van der Waals surface area contributed by atoms with Gasteiger partial charge in [-0.25, -0.2) is 0 Å². The van der Waals surface area contributed by atoms with Gasteiger partial charge in [-0.15, -0.1) is 0 Å². The number of aliphatic hydroxyl groups excluding tert-OH is 2. The van der Waals surface area contributed by atoms with E-state index in [-0.39, 0.29) is 18.6 Å². The minimum atomic E-state index is -0.773. The minimum Gasteiger partial charge on any atom is -0.394 e. The quantitative estimate of drug-likeness (QED) is 0.482. The van der Waals surface area contributed by atoms with Crippen molar-refractivity contribution in [2.75, 3.05) is 6.61 Å². The standard InChI is InChI=1S/C24H35IN2O4/c1-13-18-9-16(24(18,3)4)10-19(13)26-23(30)22-21(14(2)29)20(12-28)31-27(22)11-15-6-5-7-17(25)8-15/h5-8,13-14,16,18-22,28-29H,9-12H2,1-4H3,(H,26,30)/t13?,14-,16+,18-,19?,20?,21+,22-/m0/s1. The van der Waals surface area contributed by atoms with Crippen molar-refractivity contribution in [2.45, 2.75) is 71.4 Å². The SMILES string of the molecule is CC1C(NC(=O)[C@@H]2[C@H]([C@H](C)O)C(CO)ON2Cc2cccc(I)c2)C[C@H]2C[C@@H]1C2(C)C. The summed E-state index contributed by atoms with van der Waals surface area (Å²) in [7, 11) is 0. The van der Waals surface area contributed by atoms with Crippen LogP contribution in [-0.2, 0) is 16.2 Å². The van der Waals surface area contributed by atoms with Crippen LogP contribution in [0.2, 0.25) is 0 Å². The number of rotatable bonds is 6. The number of aliphatic hydroxyl groups is 2. The average Bonchev–Trinajstić information content (AvgIpc) is 3.07. The maximum absolute atomic E-state index is 13.6. The molecule has 3 N–H and O–H groups in total. The number of hydrogen-bond donors (Lipinski definition) is 3. The number of amides is 1. The van der Waals surface area contributed by atoms with Crippen molar-refractivity contribution in [3.63, 3.8) is 0 Å². The molecule has 3 unspecified atom stereocenters. The molecule has 4 aliphatic rings. The fourth-order valence-electron chi connectivity index (χ4n) is 6.30. The van der Waals surface area contributed by atoms with E-state index in [2.05, 4.69) is 54.7 Å². The maximum atomic E-state index is 13.6. The van der Waals surface area contributed by atoms with Crippen molar-refractivity contribution in [2.24, 2.45) is 29.1 Å². The molecule has 1 heterocycles. The summed E-state index contributed by atoms with van der Waals surface area (Å²) in [5, 5.41) is 25.3. The minimum absolute atomic E-state index is 0.108. The Kier molecular flexibility index (Phi) is 6.72. The lowest BCUT2D eigenvalue weighted by Crippen LogP contribution is -2.62. The third kappa shape index (κ3) is 4.28. The lowest BCUT2D eigenvalue weighted by Gasteiger charge is -2.62. The van der Waals surface area contributed by atoms with Gasteiger partial charge >= 0.3 is 0 Å². The lowest BCUT2D eigenvalue weighted by atomic mass is 9.45. The zero-order chi connectivity index (χ0) is 22.5. The van der Waals surface area contributed by atoms with E-state index in [0.29, 0.717) is 29.7 Å². The van der Waals surface area contributed by atoms with Crippen LogP contribution in [0, 0.1) is 32.7 Å². The predicted octanol–water partition coefficient (Wildman–Crippen LogP) is 2.95. The van der Waals surface area contributed by atoms with Gasteiger partial charge in [0.1, 0.15) is 12.1 Å². The molecule has 4 fully saturated rings. The second-order valence-corrected chi connectivity index (χ2v) is 11.6. The van der Waals surface area contributed by atoms with Crippen LogP contribution in [0.25, 0.3) is 0 Å². The van der Waals surface area contributed by atoms with Gasteiger partial charge < -0.3 is 15.5 Å². The molecule has 2 bridgehead atoms. The molecular weight excluding hydrogens is 507 g/mol. The molecule has 0 radical (unpaired) electrons. The van der Waals surface area contributed by atoms with Gasteiger partial charge in [0.25, 0.3) is 0 Å². The molecule has 8 atom stereocenters. The fourth-order valence-corrected chi connectivity index (χ4v) is 6.91. The Morgan fingerprint density at radius 2 is 2.13 bits per heavy atom. The highest BCUT2D eigenvalue weighted by atomic mass is 127. The Morgan fingerprint density at radius 3 is 2.71 bits per heavy atom. The Morgan fingerprint density at radius 1 is 1.39 bits per heavy atom. The zero-order valence-corrected chi connectivity index (χ0v) is 21.0. The van der Waals surface area contributed by atoms with Gasteiger partial charge in [-0.3, -0.25) is 9.63 Å². The largest absolute Gasteiger partial charge is 0.394 e. The fraction of sp³-hybridized carbons (Fsp3) is 0.708. The molecule has 1 aromatic carbocycles. The highest BCUT2D eigenvalue weighted by Gasteiger charge is 2.57. The molecule has 7 heteroatoms. The first-order chi connectivity index (χ1) is 14.6. The van der Waals surface area contributed by atoms with Crippen molar-refractivity contribution >= 4 is 28.5 Å². The number of halogens is 1. The second-order valence-electron chi connectivity index (χ2n) is 10.4. The monoisotopic (exact) mass is 542 g/mol. The topological polar surface area (TPSA) is 82.0 Å². The van der Waals surface area contributed by atoms with Gasteiger partial charge in [0.05, 0.1) is 19.3 Å². The van der Waals surface area contributed by atoms with E-state index < -0.39 is 24.2 Å². The highest BCUT2D eigenvalue weighted by Crippen LogP contribution is 2.61. The van der Waals surface area contributed by atoms with Gasteiger partial charge in [-0.2, -0.15) is 5.06 Å². The maximum Gasteiger partial charge on any atom is 0.240 e. The summed E-state index contributed by atoms with van der Waals surface area (Å²) in [5.74, 6) is 1.12. The second kappa shape index (κ2) is 8.89. The van der Waals surface area contributed by atoms with Gasteiger partial charge in [0.2, 0.25) is 5.91 Å². The number of carbonyl (C=O) groups is 1. The average molecular weight is 542 g/mol. The molecule has 3 aliphatic carbocycles. The summed E-state index contributed by atoms with van der Waals surface area (Å²) in [6.07, 6.45) is 0.887. The molecule has 1 amide bonds. The molecule has 31 heavy (non-hydrogen) atoms. The first-order valence-corrected chi connectivity index (χ1v) is 12.5. The number of nitrogens with one attached hydrogen (secondary N) is 1. The van der Waals surface area contributed by atoms with Gasteiger partial charge in [0.15, 0.2) is 0 Å². The van der Waals surface area contributed by atoms with Crippen LogP contribution < -0.4 is 5.32 Å². The lowest BCUT2D eigenvalue weighted by molar-refractivity contribution is -0.183. The summed E-state index contributed by atoms with van der Waals surface area (Å²) in [4.78, 5) is 19.6. The first-order valence-electron chi connectivity index (χ1n) is 11.4. The third-order valence-electron chi connectivity index (χ3n) is 8.29. The van der Waals surface area contributed by atoms with Crippen LogP contribution in [0.5, 0.6) is 0 Å².